The number of carbonyl (C=O) groups excluding carboxylic acids is 4. The van der Waals surface area contributed by atoms with Gasteiger partial charge in [0.15, 0.2) is 12.4 Å². The van der Waals surface area contributed by atoms with Crippen LogP contribution in [0, 0.1) is 5.92 Å². The molecule has 0 rings (SSSR count). The maximum absolute atomic E-state index is 14.0. The van der Waals surface area contributed by atoms with Gasteiger partial charge in [0.2, 0.25) is 0 Å². The molecule has 410 valence electrons. The van der Waals surface area contributed by atoms with Crippen LogP contribution in [0.25, 0.3) is 0 Å². The van der Waals surface area contributed by atoms with Crippen molar-refractivity contribution in [2.24, 2.45) is 5.92 Å². The Morgan fingerprint density at radius 1 is 0.471 bits per heavy atom. The number of hydrogen-bond donors (Lipinski definition) is 1. The highest BCUT2D eigenvalue weighted by Gasteiger charge is 2.34. The lowest BCUT2D eigenvalue weighted by Gasteiger charge is -2.27. The number of rotatable bonds is 53. The quantitative estimate of drug-likeness (QED) is 0.0207. The van der Waals surface area contributed by atoms with Crippen molar-refractivity contribution in [2.45, 2.75) is 272 Å². The van der Waals surface area contributed by atoms with E-state index in [9.17, 15) is 19.2 Å². The van der Waals surface area contributed by atoms with Crippen LogP contribution >= 0.6 is 0 Å². The standard InChI is InChI=1S/C59H110N2O9/c1-7-13-17-21-25-26-27-28-29-30-31-32-33-35-39-43-54(62)68-51-53(58(70-56(64)46-48-61(11-5)12-6)59(65)60-47-40-36-34-22-18-14-8-2)52-69-55(63)44-45-57(66-49-41-37-23-19-15-9-3)67-50-42-38-24-20-16-10-4/h25-26,28-29,53,57-58H,7-24,27,30-52H2,1-6H3,(H,60,65)/b26-25-,29-28-. The zero-order chi connectivity index (χ0) is 51.4. The number of ether oxygens (including phenoxy) is 5. The zero-order valence-corrected chi connectivity index (χ0v) is 46.4. The minimum absolute atomic E-state index is 0.0514. The Balaban J connectivity index is 5.73. The van der Waals surface area contributed by atoms with Gasteiger partial charge in [0, 0.05) is 39.1 Å². The summed E-state index contributed by atoms with van der Waals surface area (Å²) in [6, 6.07) is 0. The maximum Gasteiger partial charge on any atom is 0.307 e. The molecule has 1 N–H and O–H groups in total. The largest absolute Gasteiger partial charge is 0.465 e. The van der Waals surface area contributed by atoms with E-state index in [-0.39, 0.29) is 38.4 Å². The third-order valence-corrected chi connectivity index (χ3v) is 13.0. The topological polar surface area (TPSA) is 130 Å². The number of nitrogens with one attached hydrogen (secondary N) is 1. The van der Waals surface area contributed by atoms with Crippen LogP contribution in [0.3, 0.4) is 0 Å². The van der Waals surface area contributed by atoms with E-state index in [4.69, 9.17) is 23.7 Å². The number of nitrogens with zero attached hydrogens (tertiary/aromatic N) is 1. The van der Waals surface area contributed by atoms with Crippen LogP contribution in [0.1, 0.15) is 260 Å². The van der Waals surface area contributed by atoms with Crippen molar-refractivity contribution in [2.75, 3.05) is 52.6 Å². The average molecular weight is 992 g/mol. The van der Waals surface area contributed by atoms with E-state index in [1.54, 1.807) is 0 Å². The molecule has 11 nitrogen and oxygen atoms in total. The highest BCUT2D eigenvalue weighted by Crippen LogP contribution is 2.18. The Morgan fingerprint density at radius 2 is 0.914 bits per heavy atom. The van der Waals surface area contributed by atoms with Gasteiger partial charge in [-0.25, -0.2) is 0 Å². The second kappa shape index (κ2) is 52.6. The molecule has 0 aromatic heterocycles. The van der Waals surface area contributed by atoms with Gasteiger partial charge in [-0.15, -0.1) is 0 Å². The van der Waals surface area contributed by atoms with Crippen molar-refractivity contribution >= 4 is 23.8 Å². The summed E-state index contributed by atoms with van der Waals surface area (Å²) in [5, 5.41) is 2.99. The van der Waals surface area contributed by atoms with Crippen LogP contribution in [0.15, 0.2) is 24.3 Å². The minimum atomic E-state index is -1.31. The summed E-state index contributed by atoms with van der Waals surface area (Å²) >= 11 is 0. The molecular formula is C59H110N2O9. The fourth-order valence-corrected chi connectivity index (χ4v) is 8.24. The van der Waals surface area contributed by atoms with E-state index in [0.717, 1.165) is 96.6 Å². The van der Waals surface area contributed by atoms with Gasteiger partial charge in [0.05, 0.1) is 18.8 Å². The molecule has 0 aliphatic carbocycles. The van der Waals surface area contributed by atoms with Gasteiger partial charge in [0.1, 0.15) is 13.2 Å². The van der Waals surface area contributed by atoms with Gasteiger partial charge in [-0.3, -0.25) is 19.2 Å². The van der Waals surface area contributed by atoms with Gasteiger partial charge in [-0.05, 0) is 70.9 Å². The Bertz CT molecular complexity index is 1240. The predicted octanol–water partition coefficient (Wildman–Crippen LogP) is 14.9. The van der Waals surface area contributed by atoms with Crippen LogP contribution in [-0.4, -0.2) is 93.7 Å². The number of carbonyl (C=O) groups is 4. The first-order valence-electron chi connectivity index (χ1n) is 29.3. The highest BCUT2D eigenvalue weighted by atomic mass is 16.7. The van der Waals surface area contributed by atoms with E-state index in [0.29, 0.717) is 39.1 Å². The molecule has 0 saturated heterocycles. The lowest BCUT2D eigenvalue weighted by molar-refractivity contribution is -0.169. The van der Waals surface area contributed by atoms with Crippen molar-refractivity contribution < 1.29 is 42.9 Å². The van der Waals surface area contributed by atoms with Gasteiger partial charge >= 0.3 is 17.9 Å². The van der Waals surface area contributed by atoms with E-state index in [1.807, 2.05) is 13.8 Å². The van der Waals surface area contributed by atoms with E-state index in [2.05, 4.69) is 62.2 Å². The van der Waals surface area contributed by atoms with Gasteiger partial charge < -0.3 is 33.9 Å². The molecule has 0 spiro atoms. The molecule has 2 unspecified atom stereocenters. The van der Waals surface area contributed by atoms with Crippen LogP contribution in [0.2, 0.25) is 0 Å². The first-order valence-corrected chi connectivity index (χ1v) is 29.3. The lowest BCUT2D eigenvalue weighted by Crippen LogP contribution is -2.46. The molecular weight excluding hydrogens is 881 g/mol. The van der Waals surface area contributed by atoms with Crippen LogP contribution < -0.4 is 5.32 Å². The monoisotopic (exact) mass is 991 g/mol. The number of esters is 3. The van der Waals surface area contributed by atoms with Crippen LogP contribution in [-0.2, 0) is 42.9 Å². The van der Waals surface area contributed by atoms with Gasteiger partial charge in [0.25, 0.3) is 5.91 Å². The van der Waals surface area contributed by atoms with E-state index >= 15 is 0 Å². The summed E-state index contributed by atoms with van der Waals surface area (Å²) in [4.78, 5) is 56.1. The summed E-state index contributed by atoms with van der Waals surface area (Å²) in [7, 11) is 0. The van der Waals surface area contributed by atoms with E-state index < -0.39 is 36.2 Å². The number of allylic oxidation sites excluding steroid dienone is 4. The average Bonchev–Trinajstić information content (AvgIpc) is 3.36. The molecule has 0 heterocycles. The van der Waals surface area contributed by atoms with Gasteiger partial charge in [-0.2, -0.15) is 0 Å². The number of amides is 1. The second-order valence-corrected chi connectivity index (χ2v) is 19.5. The summed E-state index contributed by atoms with van der Waals surface area (Å²) in [5.74, 6) is -2.76. The van der Waals surface area contributed by atoms with E-state index in [1.165, 1.54) is 103 Å². The molecule has 1 amide bonds. The predicted molar refractivity (Wildman–Crippen MR) is 290 cm³/mol. The van der Waals surface area contributed by atoms with Crippen LogP contribution in [0.4, 0.5) is 0 Å². The number of unbranched alkanes of at least 4 members (excludes halogenated alkanes) is 24. The molecule has 0 aromatic carbocycles. The highest BCUT2D eigenvalue weighted by molar-refractivity contribution is 5.84. The molecule has 0 fully saturated rings. The minimum Gasteiger partial charge on any atom is -0.465 e. The lowest BCUT2D eigenvalue weighted by atomic mass is 10.0. The number of hydrogen-bond acceptors (Lipinski definition) is 10. The summed E-state index contributed by atoms with van der Waals surface area (Å²) in [5.41, 5.74) is 0. The van der Waals surface area contributed by atoms with Crippen molar-refractivity contribution in [3.05, 3.63) is 24.3 Å². The first kappa shape index (κ1) is 67.2. The SMILES string of the molecule is CCCCC/C=C\C/C=C\CCCCCCCC(=O)OCC(COC(=O)CCC(OCCCCCCCC)OCCCCCCCC)C(OC(=O)CCN(CC)CC)C(=O)NCCCCCCCCC. The molecule has 70 heavy (non-hydrogen) atoms. The fourth-order valence-electron chi connectivity index (χ4n) is 8.24. The zero-order valence-electron chi connectivity index (χ0n) is 46.4. The Kier molecular flexibility index (Phi) is 50.5. The molecule has 0 radical (unpaired) electrons. The third-order valence-electron chi connectivity index (χ3n) is 13.0. The Hall–Kier alpha value is -2.76. The summed E-state index contributed by atoms with van der Waals surface area (Å²) < 4.78 is 29.9. The smallest absolute Gasteiger partial charge is 0.307 e. The van der Waals surface area contributed by atoms with Crippen molar-refractivity contribution in [3.8, 4) is 0 Å². The molecule has 0 bridgehead atoms. The summed E-state index contributed by atoms with van der Waals surface area (Å²) in [6.07, 6.45) is 41.4. The molecule has 0 aliphatic rings. The van der Waals surface area contributed by atoms with Crippen molar-refractivity contribution in [3.63, 3.8) is 0 Å². The second-order valence-electron chi connectivity index (χ2n) is 19.5. The Labute approximate surface area is 430 Å². The normalized spacial score (nSPS) is 12.6. The molecule has 2 atom stereocenters. The van der Waals surface area contributed by atoms with Gasteiger partial charge in [-0.1, -0.05) is 201 Å². The molecule has 11 heteroatoms. The molecule has 0 saturated carbocycles. The Morgan fingerprint density at radius 3 is 1.44 bits per heavy atom. The molecule has 0 aromatic rings. The summed E-state index contributed by atoms with van der Waals surface area (Å²) in [6.45, 7) is 16.1. The van der Waals surface area contributed by atoms with Crippen molar-refractivity contribution in [1.82, 2.24) is 10.2 Å². The third kappa shape index (κ3) is 44.0. The van der Waals surface area contributed by atoms with Crippen LogP contribution in [0.5, 0.6) is 0 Å². The fraction of sp³-hybridized carbons (Fsp3) is 0.864. The maximum atomic E-state index is 14.0. The van der Waals surface area contributed by atoms with Crippen molar-refractivity contribution in [1.29, 1.82) is 0 Å². The first-order chi connectivity index (χ1) is 34.3. The molecule has 0 aliphatic heterocycles.